The number of carbonyl (C=O) groups is 3. The van der Waals surface area contributed by atoms with Gasteiger partial charge in [0.2, 0.25) is 5.78 Å². The number of hydrogen-bond acceptors (Lipinski definition) is 7. The Morgan fingerprint density at radius 3 is 2.15 bits per heavy atom. The summed E-state index contributed by atoms with van der Waals surface area (Å²) >= 11 is 0. The predicted octanol–water partition coefficient (Wildman–Crippen LogP) is 4.51. The van der Waals surface area contributed by atoms with E-state index in [0.717, 1.165) is 16.7 Å². The standard InChI is InChI=1S/C25H25NO7/c1-14-9-15(2)23(16(3)10-14)19(27)13-33-25(29)17-11-21(30-4)22(31-5)12-18(17)26-24(28)20-7-6-8-32-20/h6-12H,13H2,1-5H3,(H,26,28). The summed E-state index contributed by atoms with van der Waals surface area (Å²) in [5, 5.41) is 2.61. The van der Waals surface area contributed by atoms with Crippen LogP contribution in [0.25, 0.3) is 0 Å². The van der Waals surface area contributed by atoms with Crippen molar-refractivity contribution in [3.63, 3.8) is 0 Å². The molecule has 0 fully saturated rings. The molecular formula is C25H25NO7. The van der Waals surface area contributed by atoms with E-state index in [1.165, 1.54) is 38.7 Å². The lowest BCUT2D eigenvalue weighted by Gasteiger charge is -2.15. The molecule has 1 aromatic heterocycles. The van der Waals surface area contributed by atoms with Crippen LogP contribution in [0.5, 0.6) is 11.5 Å². The largest absolute Gasteiger partial charge is 0.493 e. The summed E-state index contributed by atoms with van der Waals surface area (Å²) < 4.78 is 20.9. The Labute approximate surface area is 191 Å². The molecule has 1 N–H and O–H groups in total. The maximum absolute atomic E-state index is 12.9. The fourth-order valence-corrected chi connectivity index (χ4v) is 3.64. The fraction of sp³-hybridized carbons (Fsp3) is 0.240. The van der Waals surface area contributed by atoms with Crippen molar-refractivity contribution in [3.8, 4) is 11.5 Å². The zero-order valence-electron chi connectivity index (χ0n) is 19.1. The number of methoxy groups -OCH3 is 2. The van der Waals surface area contributed by atoms with Gasteiger partial charge in [0.1, 0.15) is 0 Å². The molecule has 0 radical (unpaired) electrons. The molecule has 0 atom stereocenters. The van der Waals surface area contributed by atoms with Gasteiger partial charge in [-0.2, -0.15) is 0 Å². The molecule has 33 heavy (non-hydrogen) atoms. The summed E-state index contributed by atoms with van der Waals surface area (Å²) in [6, 6.07) is 9.67. The summed E-state index contributed by atoms with van der Waals surface area (Å²) in [4.78, 5) is 38.2. The lowest BCUT2D eigenvalue weighted by Crippen LogP contribution is -2.19. The van der Waals surface area contributed by atoms with Crippen LogP contribution in [0.1, 0.15) is 48.0 Å². The van der Waals surface area contributed by atoms with Gasteiger partial charge in [-0.25, -0.2) is 4.79 Å². The van der Waals surface area contributed by atoms with E-state index in [2.05, 4.69) is 5.32 Å². The van der Waals surface area contributed by atoms with Crippen molar-refractivity contribution in [2.75, 3.05) is 26.1 Å². The van der Waals surface area contributed by atoms with Crippen molar-refractivity contribution in [2.45, 2.75) is 20.8 Å². The molecule has 1 amide bonds. The first-order valence-corrected chi connectivity index (χ1v) is 10.1. The number of hydrogen-bond donors (Lipinski definition) is 1. The molecule has 0 saturated carbocycles. The highest BCUT2D eigenvalue weighted by Gasteiger charge is 2.22. The van der Waals surface area contributed by atoms with Gasteiger partial charge in [-0.1, -0.05) is 17.7 Å². The molecule has 0 unspecified atom stereocenters. The first-order valence-electron chi connectivity index (χ1n) is 10.1. The van der Waals surface area contributed by atoms with E-state index in [-0.39, 0.29) is 28.5 Å². The zero-order valence-corrected chi connectivity index (χ0v) is 19.1. The van der Waals surface area contributed by atoms with Crippen LogP contribution in [0.3, 0.4) is 0 Å². The summed E-state index contributed by atoms with van der Waals surface area (Å²) in [6.07, 6.45) is 1.36. The molecule has 3 aromatic rings. The summed E-state index contributed by atoms with van der Waals surface area (Å²) in [5.41, 5.74) is 3.30. The van der Waals surface area contributed by atoms with Gasteiger partial charge in [0.25, 0.3) is 5.91 Å². The number of aryl methyl sites for hydroxylation is 3. The molecule has 3 rings (SSSR count). The average Bonchev–Trinajstić information content (AvgIpc) is 3.31. The second-order valence-corrected chi connectivity index (χ2v) is 7.46. The highest BCUT2D eigenvalue weighted by atomic mass is 16.5. The van der Waals surface area contributed by atoms with Crippen LogP contribution in [0, 0.1) is 20.8 Å². The molecule has 0 aliphatic heterocycles. The van der Waals surface area contributed by atoms with Gasteiger partial charge in [0.15, 0.2) is 23.9 Å². The second-order valence-electron chi connectivity index (χ2n) is 7.46. The number of esters is 1. The highest BCUT2D eigenvalue weighted by Crippen LogP contribution is 2.34. The molecule has 172 valence electrons. The number of nitrogens with one attached hydrogen (secondary N) is 1. The van der Waals surface area contributed by atoms with E-state index < -0.39 is 18.5 Å². The third kappa shape index (κ3) is 5.23. The van der Waals surface area contributed by atoms with Gasteiger partial charge in [0, 0.05) is 17.7 Å². The molecule has 0 aliphatic rings. The van der Waals surface area contributed by atoms with Gasteiger partial charge < -0.3 is 23.9 Å². The molecule has 0 saturated heterocycles. The van der Waals surface area contributed by atoms with E-state index in [0.29, 0.717) is 11.3 Å². The Morgan fingerprint density at radius 2 is 1.58 bits per heavy atom. The third-order valence-electron chi connectivity index (χ3n) is 5.03. The van der Waals surface area contributed by atoms with Gasteiger partial charge in [-0.3, -0.25) is 9.59 Å². The first-order chi connectivity index (χ1) is 15.7. The number of rotatable bonds is 8. The molecule has 0 aliphatic carbocycles. The lowest BCUT2D eigenvalue weighted by molar-refractivity contribution is 0.0475. The monoisotopic (exact) mass is 451 g/mol. The predicted molar refractivity (Wildman–Crippen MR) is 121 cm³/mol. The normalized spacial score (nSPS) is 10.5. The molecule has 2 aromatic carbocycles. The summed E-state index contributed by atoms with van der Waals surface area (Å²) in [5.74, 6) is -1.07. The molecule has 8 nitrogen and oxygen atoms in total. The van der Waals surface area contributed by atoms with Crippen molar-refractivity contribution in [1.82, 2.24) is 0 Å². The summed E-state index contributed by atoms with van der Waals surface area (Å²) in [6.45, 7) is 5.17. The Hall–Kier alpha value is -4.07. The van der Waals surface area contributed by atoms with Crippen LogP contribution in [-0.2, 0) is 4.74 Å². The first kappa shape index (κ1) is 23.6. The van der Waals surface area contributed by atoms with E-state index >= 15 is 0 Å². The Morgan fingerprint density at radius 1 is 0.939 bits per heavy atom. The lowest BCUT2D eigenvalue weighted by atomic mass is 9.97. The van der Waals surface area contributed by atoms with Gasteiger partial charge in [-0.15, -0.1) is 0 Å². The number of carbonyl (C=O) groups excluding carboxylic acids is 3. The molecule has 0 spiro atoms. The van der Waals surface area contributed by atoms with Crippen molar-refractivity contribution >= 4 is 23.3 Å². The van der Waals surface area contributed by atoms with Gasteiger partial charge in [0.05, 0.1) is 31.7 Å². The van der Waals surface area contributed by atoms with Crippen LogP contribution in [-0.4, -0.2) is 38.5 Å². The molecule has 8 heteroatoms. The van der Waals surface area contributed by atoms with Crippen molar-refractivity contribution in [3.05, 3.63) is 76.2 Å². The number of benzene rings is 2. The average molecular weight is 451 g/mol. The van der Waals surface area contributed by atoms with Crippen LogP contribution in [0.4, 0.5) is 5.69 Å². The summed E-state index contributed by atoms with van der Waals surface area (Å²) in [7, 11) is 2.85. The molecule has 1 heterocycles. The van der Waals surface area contributed by atoms with Crippen LogP contribution >= 0.6 is 0 Å². The Kier molecular flexibility index (Phi) is 7.17. The highest BCUT2D eigenvalue weighted by molar-refractivity contribution is 6.08. The number of ketones is 1. The van der Waals surface area contributed by atoms with Crippen molar-refractivity contribution in [1.29, 1.82) is 0 Å². The van der Waals surface area contributed by atoms with Crippen molar-refractivity contribution in [2.24, 2.45) is 0 Å². The number of furan rings is 1. The minimum Gasteiger partial charge on any atom is -0.493 e. The number of amides is 1. The molecular weight excluding hydrogens is 426 g/mol. The smallest absolute Gasteiger partial charge is 0.340 e. The topological polar surface area (TPSA) is 104 Å². The van der Waals surface area contributed by atoms with E-state index in [4.69, 9.17) is 18.6 Å². The van der Waals surface area contributed by atoms with E-state index in [1.807, 2.05) is 32.9 Å². The maximum atomic E-state index is 12.9. The third-order valence-corrected chi connectivity index (χ3v) is 5.03. The van der Waals surface area contributed by atoms with Gasteiger partial charge in [-0.05, 0) is 44.0 Å². The van der Waals surface area contributed by atoms with E-state index in [9.17, 15) is 14.4 Å². The number of Topliss-reactive ketones (excluding diaryl/α,β-unsaturated/α-hetero) is 1. The second kappa shape index (κ2) is 10.0. The van der Waals surface area contributed by atoms with Crippen LogP contribution < -0.4 is 14.8 Å². The molecule has 0 bridgehead atoms. The zero-order chi connectivity index (χ0) is 24.1. The Balaban J connectivity index is 1.86. The number of ether oxygens (including phenoxy) is 3. The quantitative estimate of drug-likeness (QED) is 0.397. The SMILES string of the molecule is COc1cc(NC(=O)c2ccco2)c(C(=O)OCC(=O)c2c(C)cc(C)cc2C)cc1OC. The maximum Gasteiger partial charge on any atom is 0.340 e. The minimum absolute atomic E-state index is 0.00212. The van der Waals surface area contributed by atoms with Gasteiger partial charge >= 0.3 is 5.97 Å². The fourth-order valence-electron chi connectivity index (χ4n) is 3.64. The minimum atomic E-state index is -0.804. The van der Waals surface area contributed by atoms with Crippen LogP contribution in [0.15, 0.2) is 47.1 Å². The van der Waals surface area contributed by atoms with Crippen molar-refractivity contribution < 1.29 is 33.0 Å². The van der Waals surface area contributed by atoms with E-state index in [1.54, 1.807) is 6.07 Å². The number of anilines is 1. The van der Waals surface area contributed by atoms with Crippen LogP contribution in [0.2, 0.25) is 0 Å². The Bertz CT molecular complexity index is 1170.